The van der Waals surface area contributed by atoms with Crippen LogP contribution in [0.1, 0.15) is 38.6 Å². The van der Waals surface area contributed by atoms with Crippen LogP contribution in [-0.4, -0.2) is 11.0 Å². The smallest absolute Gasteiger partial charge is 0.0907 e. The number of hydrogen-bond donors (Lipinski definition) is 2. The second-order valence-corrected chi connectivity index (χ2v) is 6.67. The summed E-state index contributed by atoms with van der Waals surface area (Å²) in [6, 6.07) is 4.52. The number of nitrogens with one attached hydrogen (secondary N) is 1. The summed E-state index contributed by atoms with van der Waals surface area (Å²) >= 11 is 1.69. The minimum absolute atomic E-state index is 0.425. The average Bonchev–Trinajstić information content (AvgIpc) is 2.68. The molecular weight excluding hydrogens is 254 g/mol. The quantitative estimate of drug-likeness (QED) is 0.795. The maximum atomic E-state index is 6.12. The van der Waals surface area contributed by atoms with Crippen molar-refractivity contribution in [2.75, 3.05) is 11.1 Å². The zero-order valence-electron chi connectivity index (χ0n) is 12.2. The molecule has 19 heavy (non-hydrogen) atoms. The maximum absolute atomic E-state index is 6.12. The van der Waals surface area contributed by atoms with Crippen LogP contribution >= 0.6 is 11.3 Å². The molecule has 3 N–H and O–H groups in total. The maximum Gasteiger partial charge on any atom is 0.0907 e. The highest BCUT2D eigenvalue weighted by atomic mass is 32.1. The normalized spacial score (nSPS) is 14.5. The average molecular weight is 277 g/mol. The van der Waals surface area contributed by atoms with Crippen LogP contribution in [-0.2, 0) is 0 Å². The van der Waals surface area contributed by atoms with E-state index in [9.17, 15) is 0 Å². The standard InChI is InChI=1S/C15H23N3S/c1-5-9(2)6-10(3)17-13-8-14-15(7-12(13)16)19-11(4)18-14/h7-10,17H,5-6,16H2,1-4H3. The van der Waals surface area contributed by atoms with Gasteiger partial charge in [0.2, 0.25) is 0 Å². The van der Waals surface area contributed by atoms with Gasteiger partial charge < -0.3 is 11.1 Å². The Morgan fingerprint density at radius 2 is 2.11 bits per heavy atom. The van der Waals surface area contributed by atoms with E-state index in [0.29, 0.717) is 6.04 Å². The van der Waals surface area contributed by atoms with E-state index in [0.717, 1.165) is 38.9 Å². The fourth-order valence-corrected chi connectivity index (χ4v) is 3.18. The van der Waals surface area contributed by atoms with Crippen molar-refractivity contribution in [3.8, 4) is 0 Å². The van der Waals surface area contributed by atoms with Crippen LogP contribution in [0.25, 0.3) is 10.2 Å². The third-order valence-electron chi connectivity index (χ3n) is 3.52. The summed E-state index contributed by atoms with van der Waals surface area (Å²) in [6.07, 6.45) is 2.37. The van der Waals surface area contributed by atoms with Gasteiger partial charge in [0.25, 0.3) is 0 Å². The molecule has 0 aliphatic carbocycles. The lowest BCUT2D eigenvalue weighted by Crippen LogP contribution is -2.19. The Labute approximate surface area is 119 Å². The van der Waals surface area contributed by atoms with Crippen LogP contribution in [0, 0.1) is 12.8 Å². The number of aromatic nitrogens is 1. The van der Waals surface area contributed by atoms with Crippen LogP contribution < -0.4 is 11.1 Å². The first-order valence-electron chi connectivity index (χ1n) is 6.92. The van der Waals surface area contributed by atoms with Crippen LogP contribution in [0.4, 0.5) is 11.4 Å². The van der Waals surface area contributed by atoms with Crippen molar-refractivity contribution in [1.82, 2.24) is 4.98 Å². The van der Waals surface area contributed by atoms with Gasteiger partial charge in [-0.05, 0) is 38.3 Å². The van der Waals surface area contributed by atoms with E-state index in [1.807, 2.05) is 13.0 Å². The van der Waals surface area contributed by atoms with Gasteiger partial charge >= 0.3 is 0 Å². The number of nitrogens with two attached hydrogens (primary N) is 1. The third kappa shape index (κ3) is 3.38. The molecule has 0 bridgehead atoms. The number of rotatable bonds is 5. The van der Waals surface area contributed by atoms with Gasteiger partial charge in [0.05, 0.1) is 26.6 Å². The summed E-state index contributed by atoms with van der Waals surface area (Å²) in [5, 5.41) is 4.60. The molecule has 0 amide bonds. The summed E-state index contributed by atoms with van der Waals surface area (Å²) in [4.78, 5) is 4.52. The molecule has 0 radical (unpaired) electrons. The summed E-state index contributed by atoms with van der Waals surface area (Å²) < 4.78 is 1.16. The fraction of sp³-hybridized carbons (Fsp3) is 0.533. The first kappa shape index (κ1) is 14.1. The Morgan fingerprint density at radius 3 is 2.79 bits per heavy atom. The van der Waals surface area contributed by atoms with Gasteiger partial charge in [-0.15, -0.1) is 11.3 Å². The van der Waals surface area contributed by atoms with Gasteiger partial charge in [-0.25, -0.2) is 4.98 Å². The molecule has 2 atom stereocenters. The van der Waals surface area contributed by atoms with Crippen molar-refractivity contribution in [3.05, 3.63) is 17.1 Å². The third-order valence-corrected chi connectivity index (χ3v) is 4.46. The van der Waals surface area contributed by atoms with Crippen molar-refractivity contribution in [2.24, 2.45) is 5.92 Å². The van der Waals surface area contributed by atoms with Gasteiger partial charge in [0.1, 0.15) is 0 Å². The molecule has 0 spiro atoms. The first-order valence-corrected chi connectivity index (χ1v) is 7.74. The highest BCUT2D eigenvalue weighted by Gasteiger charge is 2.11. The number of anilines is 2. The Bertz CT molecular complexity index is 562. The van der Waals surface area contributed by atoms with E-state index < -0.39 is 0 Å². The molecule has 1 aromatic heterocycles. The number of nitrogens with zero attached hydrogens (tertiary/aromatic N) is 1. The van der Waals surface area contributed by atoms with E-state index in [1.165, 1.54) is 6.42 Å². The predicted molar refractivity (Wildman–Crippen MR) is 85.9 cm³/mol. The SMILES string of the molecule is CCC(C)CC(C)Nc1cc2nc(C)sc2cc1N. The summed E-state index contributed by atoms with van der Waals surface area (Å²) in [7, 11) is 0. The highest BCUT2D eigenvalue weighted by molar-refractivity contribution is 7.18. The molecule has 0 fully saturated rings. The lowest BCUT2D eigenvalue weighted by molar-refractivity contribution is 0.484. The van der Waals surface area contributed by atoms with Gasteiger partial charge in [-0.3, -0.25) is 0 Å². The molecule has 1 heterocycles. The number of aryl methyl sites for hydroxylation is 1. The monoisotopic (exact) mass is 277 g/mol. The molecule has 2 aromatic rings. The Kier molecular flexibility index (Phi) is 4.30. The summed E-state index contributed by atoms with van der Waals surface area (Å²) in [5.74, 6) is 0.731. The number of thiazole rings is 1. The van der Waals surface area contributed by atoms with E-state index in [-0.39, 0.29) is 0 Å². The Hall–Kier alpha value is -1.29. The van der Waals surface area contributed by atoms with Crippen molar-refractivity contribution < 1.29 is 0 Å². The largest absolute Gasteiger partial charge is 0.397 e. The summed E-state index contributed by atoms with van der Waals surface area (Å²) in [5.41, 5.74) is 8.98. The Balaban J connectivity index is 2.17. The predicted octanol–water partition coefficient (Wildman–Crippen LogP) is 4.42. The van der Waals surface area contributed by atoms with Crippen LogP contribution in [0.3, 0.4) is 0 Å². The van der Waals surface area contributed by atoms with Crippen molar-refractivity contribution >= 4 is 32.9 Å². The molecule has 2 unspecified atom stereocenters. The lowest BCUT2D eigenvalue weighted by Gasteiger charge is -2.19. The first-order chi connectivity index (χ1) is 8.99. The van der Waals surface area contributed by atoms with E-state index >= 15 is 0 Å². The molecule has 2 rings (SSSR count). The zero-order valence-corrected chi connectivity index (χ0v) is 13.0. The summed E-state index contributed by atoms with van der Waals surface area (Å²) in [6.45, 7) is 8.76. The van der Waals surface area contributed by atoms with Gasteiger partial charge in [0.15, 0.2) is 0 Å². The van der Waals surface area contributed by atoms with Gasteiger partial charge in [-0.1, -0.05) is 20.3 Å². The molecule has 4 heteroatoms. The number of nitrogen functional groups attached to an aromatic ring is 1. The number of fused-ring (bicyclic) bond motifs is 1. The van der Waals surface area contributed by atoms with Crippen LogP contribution in [0.5, 0.6) is 0 Å². The molecule has 0 aliphatic rings. The minimum Gasteiger partial charge on any atom is -0.397 e. The Morgan fingerprint density at radius 1 is 1.37 bits per heavy atom. The van der Waals surface area contributed by atoms with E-state index in [2.05, 4.69) is 37.1 Å². The number of benzene rings is 1. The second-order valence-electron chi connectivity index (χ2n) is 5.43. The molecule has 0 aliphatic heterocycles. The molecule has 1 aromatic carbocycles. The molecule has 104 valence electrons. The minimum atomic E-state index is 0.425. The van der Waals surface area contributed by atoms with Crippen molar-refractivity contribution in [2.45, 2.75) is 46.6 Å². The molecule has 0 saturated carbocycles. The fourth-order valence-electron chi connectivity index (χ4n) is 2.32. The van der Waals surface area contributed by atoms with E-state index in [4.69, 9.17) is 5.73 Å². The number of hydrogen-bond acceptors (Lipinski definition) is 4. The van der Waals surface area contributed by atoms with Crippen LogP contribution in [0.2, 0.25) is 0 Å². The highest BCUT2D eigenvalue weighted by Crippen LogP contribution is 2.30. The molecule has 0 saturated heterocycles. The topological polar surface area (TPSA) is 50.9 Å². The zero-order chi connectivity index (χ0) is 14.0. The second kappa shape index (κ2) is 5.78. The van der Waals surface area contributed by atoms with E-state index in [1.54, 1.807) is 11.3 Å². The van der Waals surface area contributed by atoms with Gasteiger partial charge in [-0.2, -0.15) is 0 Å². The molecule has 3 nitrogen and oxygen atoms in total. The van der Waals surface area contributed by atoms with Crippen molar-refractivity contribution in [3.63, 3.8) is 0 Å². The van der Waals surface area contributed by atoms with Gasteiger partial charge in [0, 0.05) is 6.04 Å². The van der Waals surface area contributed by atoms with Crippen molar-refractivity contribution in [1.29, 1.82) is 0 Å². The lowest BCUT2D eigenvalue weighted by atomic mass is 10.00. The molecular formula is C15H23N3S. The van der Waals surface area contributed by atoms with Crippen LogP contribution in [0.15, 0.2) is 12.1 Å².